The van der Waals surface area contributed by atoms with Crippen LogP contribution in [0, 0.1) is 0 Å². The van der Waals surface area contributed by atoms with Crippen LogP contribution in [0.4, 0.5) is 5.69 Å². The van der Waals surface area contributed by atoms with Crippen molar-refractivity contribution in [2.75, 3.05) is 32.4 Å². The van der Waals surface area contributed by atoms with E-state index in [1.807, 2.05) is 17.0 Å². The van der Waals surface area contributed by atoms with Crippen molar-refractivity contribution in [1.29, 1.82) is 0 Å². The first-order chi connectivity index (χ1) is 9.97. The van der Waals surface area contributed by atoms with Crippen molar-refractivity contribution in [3.05, 3.63) is 28.1 Å². The first kappa shape index (κ1) is 14.6. The highest BCUT2D eigenvalue weighted by molar-refractivity contribution is 7.21. The van der Waals surface area contributed by atoms with E-state index in [2.05, 4.69) is 18.9 Å². The molecule has 1 saturated heterocycles. The van der Waals surface area contributed by atoms with Gasteiger partial charge in [-0.1, -0.05) is 11.6 Å². The minimum Gasteiger partial charge on any atom is -0.397 e. The second kappa shape index (κ2) is 5.48. The van der Waals surface area contributed by atoms with Crippen molar-refractivity contribution in [3.8, 4) is 0 Å². The molecule has 2 heterocycles. The summed E-state index contributed by atoms with van der Waals surface area (Å²) in [5, 5.41) is 1.57. The van der Waals surface area contributed by atoms with Crippen molar-refractivity contribution < 1.29 is 4.79 Å². The van der Waals surface area contributed by atoms with Gasteiger partial charge in [-0.25, -0.2) is 0 Å². The van der Waals surface area contributed by atoms with Crippen LogP contribution < -0.4 is 5.73 Å². The molecule has 0 aliphatic carbocycles. The largest absolute Gasteiger partial charge is 0.397 e. The topological polar surface area (TPSA) is 49.6 Å². The number of fused-ring (bicyclic) bond motifs is 1. The van der Waals surface area contributed by atoms with Gasteiger partial charge in [-0.3, -0.25) is 4.79 Å². The molecule has 1 atom stereocenters. The molecule has 1 amide bonds. The molecule has 1 aromatic heterocycles. The van der Waals surface area contributed by atoms with E-state index in [0.717, 1.165) is 29.7 Å². The number of nitrogens with two attached hydrogens (primary N) is 1. The Morgan fingerprint density at radius 1 is 1.43 bits per heavy atom. The number of likely N-dealkylation sites (N-methyl/N-ethyl adjacent to an activating group) is 1. The van der Waals surface area contributed by atoms with Crippen LogP contribution in [0.3, 0.4) is 0 Å². The molecule has 3 rings (SSSR count). The molecule has 1 aliphatic rings. The molecular weight excluding hydrogens is 306 g/mol. The maximum Gasteiger partial charge on any atom is 0.266 e. The fourth-order valence-corrected chi connectivity index (χ4v) is 3.99. The zero-order chi connectivity index (χ0) is 15.1. The monoisotopic (exact) mass is 323 g/mol. The number of hydrogen-bond donors (Lipinski definition) is 1. The number of nitrogen functional groups attached to an aromatic ring is 1. The Labute approximate surface area is 133 Å². The number of piperazine rings is 1. The van der Waals surface area contributed by atoms with Crippen molar-refractivity contribution in [2.45, 2.75) is 13.0 Å². The predicted molar refractivity (Wildman–Crippen MR) is 89.2 cm³/mol. The lowest BCUT2D eigenvalue weighted by Crippen LogP contribution is -2.51. The summed E-state index contributed by atoms with van der Waals surface area (Å²) >= 11 is 7.44. The number of carbonyl (C=O) groups excluding carboxylic acids is 1. The van der Waals surface area contributed by atoms with Crippen LogP contribution in [0.5, 0.6) is 0 Å². The van der Waals surface area contributed by atoms with Gasteiger partial charge in [0, 0.05) is 40.8 Å². The smallest absolute Gasteiger partial charge is 0.266 e. The maximum atomic E-state index is 12.7. The lowest BCUT2D eigenvalue weighted by molar-refractivity contribution is 0.0578. The van der Waals surface area contributed by atoms with Gasteiger partial charge in [-0.2, -0.15) is 0 Å². The third-order valence-corrected chi connectivity index (χ3v) is 5.52. The second-order valence-corrected chi connectivity index (χ2v) is 7.05. The standard InChI is InChI=1S/C15H18ClN3OS/c1-9-8-19(6-5-18(9)2)15(20)14-13(17)11-4-3-10(16)7-12(11)21-14/h3-4,7,9H,5-6,8,17H2,1-2H3. The summed E-state index contributed by atoms with van der Waals surface area (Å²) in [4.78, 5) is 17.5. The molecule has 6 heteroatoms. The van der Waals surface area contributed by atoms with E-state index < -0.39 is 0 Å². The quantitative estimate of drug-likeness (QED) is 0.878. The first-order valence-corrected chi connectivity index (χ1v) is 8.14. The van der Waals surface area contributed by atoms with Crippen LogP contribution >= 0.6 is 22.9 Å². The van der Waals surface area contributed by atoms with E-state index >= 15 is 0 Å². The van der Waals surface area contributed by atoms with E-state index in [0.29, 0.717) is 21.6 Å². The van der Waals surface area contributed by atoms with Crippen molar-refractivity contribution in [2.24, 2.45) is 0 Å². The molecule has 0 bridgehead atoms. The third kappa shape index (κ3) is 2.61. The average Bonchev–Trinajstić information content (AvgIpc) is 2.77. The van der Waals surface area contributed by atoms with E-state index in [-0.39, 0.29) is 5.91 Å². The van der Waals surface area contributed by atoms with Gasteiger partial charge < -0.3 is 15.5 Å². The lowest BCUT2D eigenvalue weighted by atomic mass is 10.2. The fourth-order valence-electron chi connectivity index (χ4n) is 2.63. The maximum absolute atomic E-state index is 12.7. The molecule has 4 nitrogen and oxygen atoms in total. The number of halogens is 1. The van der Waals surface area contributed by atoms with Crippen LogP contribution in [0.1, 0.15) is 16.6 Å². The summed E-state index contributed by atoms with van der Waals surface area (Å²) in [7, 11) is 2.09. The van der Waals surface area contributed by atoms with Crippen LogP contribution in [-0.4, -0.2) is 48.4 Å². The van der Waals surface area contributed by atoms with Crippen LogP contribution in [0.2, 0.25) is 5.02 Å². The van der Waals surface area contributed by atoms with Gasteiger partial charge in [0.2, 0.25) is 0 Å². The van der Waals surface area contributed by atoms with Crippen molar-refractivity contribution in [1.82, 2.24) is 9.80 Å². The van der Waals surface area contributed by atoms with E-state index in [9.17, 15) is 4.79 Å². The van der Waals surface area contributed by atoms with Crippen LogP contribution in [0.15, 0.2) is 18.2 Å². The fraction of sp³-hybridized carbons (Fsp3) is 0.400. The number of anilines is 1. The summed E-state index contributed by atoms with van der Waals surface area (Å²) in [6, 6.07) is 5.92. The number of amides is 1. The van der Waals surface area contributed by atoms with Gasteiger partial charge in [-0.15, -0.1) is 11.3 Å². The minimum absolute atomic E-state index is 0.0322. The third-order valence-electron chi connectivity index (χ3n) is 4.13. The molecule has 1 fully saturated rings. The van der Waals surface area contributed by atoms with Gasteiger partial charge in [0.1, 0.15) is 4.88 Å². The van der Waals surface area contributed by atoms with Gasteiger partial charge in [0.15, 0.2) is 0 Å². The van der Waals surface area contributed by atoms with Crippen molar-refractivity contribution >= 4 is 44.6 Å². The number of carbonyl (C=O) groups is 1. The number of benzene rings is 1. The number of rotatable bonds is 1. The molecule has 1 aromatic carbocycles. The molecule has 0 spiro atoms. The van der Waals surface area contributed by atoms with Crippen molar-refractivity contribution in [3.63, 3.8) is 0 Å². The molecule has 2 N–H and O–H groups in total. The van der Waals surface area contributed by atoms with Crippen LogP contribution in [-0.2, 0) is 0 Å². The Morgan fingerprint density at radius 3 is 2.90 bits per heavy atom. The summed E-state index contributed by atoms with van der Waals surface area (Å²) in [5.74, 6) is 0.0322. The van der Waals surface area contributed by atoms with E-state index in [1.54, 1.807) is 6.07 Å². The Morgan fingerprint density at radius 2 is 2.19 bits per heavy atom. The number of thiophene rings is 1. The highest BCUT2D eigenvalue weighted by Gasteiger charge is 2.27. The van der Waals surface area contributed by atoms with Gasteiger partial charge in [0.25, 0.3) is 5.91 Å². The van der Waals surface area contributed by atoms with E-state index in [4.69, 9.17) is 17.3 Å². The molecule has 21 heavy (non-hydrogen) atoms. The summed E-state index contributed by atoms with van der Waals surface area (Å²) in [6.45, 7) is 4.51. The number of hydrogen-bond acceptors (Lipinski definition) is 4. The highest BCUT2D eigenvalue weighted by Crippen LogP contribution is 2.36. The molecule has 1 aliphatic heterocycles. The SMILES string of the molecule is CC1CN(C(=O)c2sc3cc(Cl)ccc3c2N)CCN1C. The Bertz CT molecular complexity index is 700. The zero-order valence-corrected chi connectivity index (χ0v) is 13.7. The van der Waals surface area contributed by atoms with Gasteiger partial charge in [-0.05, 0) is 32.2 Å². The Balaban J connectivity index is 1.93. The molecule has 0 saturated carbocycles. The minimum atomic E-state index is 0.0322. The molecule has 112 valence electrons. The molecule has 1 unspecified atom stereocenters. The first-order valence-electron chi connectivity index (χ1n) is 6.94. The Kier molecular flexibility index (Phi) is 3.82. The molecule has 0 radical (unpaired) electrons. The van der Waals surface area contributed by atoms with Gasteiger partial charge in [0.05, 0.1) is 5.69 Å². The highest BCUT2D eigenvalue weighted by atomic mass is 35.5. The summed E-state index contributed by atoms with van der Waals surface area (Å²) in [5.41, 5.74) is 6.74. The second-order valence-electron chi connectivity index (χ2n) is 5.57. The normalized spacial score (nSPS) is 20.1. The molecule has 2 aromatic rings. The van der Waals surface area contributed by atoms with Crippen LogP contribution in [0.25, 0.3) is 10.1 Å². The average molecular weight is 324 g/mol. The van der Waals surface area contributed by atoms with Gasteiger partial charge >= 0.3 is 0 Å². The zero-order valence-electron chi connectivity index (χ0n) is 12.1. The summed E-state index contributed by atoms with van der Waals surface area (Å²) < 4.78 is 0.963. The molecular formula is C15H18ClN3OS. The Hall–Kier alpha value is -1.30. The van der Waals surface area contributed by atoms with E-state index in [1.165, 1.54) is 11.3 Å². The predicted octanol–water partition coefficient (Wildman–Crippen LogP) is 2.91. The lowest BCUT2D eigenvalue weighted by Gasteiger charge is -2.37. The summed E-state index contributed by atoms with van der Waals surface area (Å²) in [6.07, 6.45) is 0. The number of nitrogens with zero attached hydrogens (tertiary/aromatic N) is 2.